The summed E-state index contributed by atoms with van der Waals surface area (Å²) in [6.45, 7) is 3.42. The second-order valence-corrected chi connectivity index (χ2v) is 6.99. The van der Waals surface area contributed by atoms with E-state index in [-0.39, 0.29) is 69.4 Å². The van der Waals surface area contributed by atoms with Crippen LogP contribution in [-0.2, 0) is 47.8 Å². The van der Waals surface area contributed by atoms with Crippen LogP contribution in [0.3, 0.4) is 0 Å². The van der Waals surface area contributed by atoms with E-state index in [1.165, 1.54) is 14.2 Å². The lowest BCUT2D eigenvalue weighted by atomic mass is 10.0. The van der Waals surface area contributed by atoms with E-state index in [2.05, 4.69) is 25.8 Å². The molecule has 0 saturated heterocycles. The summed E-state index contributed by atoms with van der Waals surface area (Å²) >= 11 is 0. The lowest BCUT2D eigenvalue weighted by Crippen LogP contribution is -3.00. The minimum atomic E-state index is -1.26. The van der Waals surface area contributed by atoms with Gasteiger partial charge in [-0.15, -0.1) is 0 Å². The van der Waals surface area contributed by atoms with Crippen molar-refractivity contribution in [2.45, 2.75) is 64.5 Å². The molecule has 0 radical (unpaired) electrons. The van der Waals surface area contributed by atoms with Crippen LogP contribution in [0.2, 0.25) is 0 Å². The molecule has 4 amide bonds. The van der Waals surface area contributed by atoms with Crippen LogP contribution in [0.4, 0.5) is 0 Å². The highest BCUT2D eigenvalue weighted by Gasteiger charge is 2.23. The number of halogens is 1. The third kappa shape index (κ3) is 25.3. The van der Waals surface area contributed by atoms with Crippen molar-refractivity contribution in [2.24, 2.45) is 11.5 Å². The quantitative estimate of drug-likeness (QED) is 0.106. The number of hydrogen-bond donors (Lipinski definition) is 6. The number of Topliss-reactive ketones (excluding diaryl/α,β-unsaturated/α-hetero) is 1. The smallest absolute Gasteiger partial charge is 0.361 e. The molecule has 220 valence electrons. The van der Waals surface area contributed by atoms with Gasteiger partial charge >= 0.3 is 17.9 Å². The van der Waals surface area contributed by atoms with Gasteiger partial charge in [0.15, 0.2) is 12.3 Å². The number of carboxylic acids is 1. The molecule has 0 saturated carbocycles. The largest absolute Gasteiger partial charge is 1.00 e. The van der Waals surface area contributed by atoms with Crippen molar-refractivity contribution in [3.63, 3.8) is 0 Å². The average molecular weight is 572 g/mol. The molecule has 0 aliphatic heterocycles. The first-order valence-electron chi connectivity index (χ1n) is 11.0. The van der Waals surface area contributed by atoms with E-state index in [9.17, 15) is 38.4 Å². The maximum absolute atomic E-state index is 11.7. The first kappa shape index (κ1) is 41.3. The van der Waals surface area contributed by atoms with Gasteiger partial charge in [-0.25, -0.2) is 9.59 Å². The number of amides is 4. The van der Waals surface area contributed by atoms with Gasteiger partial charge in [0.25, 0.3) is 0 Å². The second kappa shape index (κ2) is 24.9. The SMILES string of the molecule is CCC(=O)N[C@H](CC(N)=O)C(=O)CCC(=O)OC.CCC(=O)N[C@H](CC(N)=O)C(=O)O.COC(=O)C[NH3+].[Cl-]. The highest BCUT2D eigenvalue weighted by molar-refractivity contribution is 5.94. The Morgan fingerprint density at radius 1 is 0.763 bits per heavy atom. The molecule has 2 atom stereocenters. The molecule has 0 aliphatic rings. The molecule has 10 N–H and O–H groups in total. The molecule has 0 aliphatic carbocycles. The van der Waals surface area contributed by atoms with Crippen LogP contribution in [0.25, 0.3) is 0 Å². The number of ether oxygens (including phenoxy) is 2. The van der Waals surface area contributed by atoms with Crippen molar-refractivity contribution in [3.8, 4) is 0 Å². The summed E-state index contributed by atoms with van der Waals surface area (Å²) < 4.78 is 8.59. The number of methoxy groups -OCH3 is 2. The molecule has 38 heavy (non-hydrogen) atoms. The molecular formula is C21H38ClN5O11. The van der Waals surface area contributed by atoms with Crippen molar-refractivity contribution in [1.82, 2.24) is 10.6 Å². The average Bonchev–Trinajstić information content (AvgIpc) is 2.85. The third-order valence-electron chi connectivity index (χ3n) is 4.05. The Kier molecular flexibility index (Phi) is 27.1. The summed E-state index contributed by atoms with van der Waals surface area (Å²) in [6.07, 6.45) is -0.490. The summed E-state index contributed by atoms with van der Waals surface area (Å²) in [7, 11) is 2.56. The van der Waals surface area contributed by atoms with E-state index < -0.39 is 47.5 Å². The molecule has 0 bridgehead atoms. The standard InChI is InChI=1S/C11H18N2O5.C7H12N2O4.C3H7NO2.ClH/c1-3-10(16)13-7(6-9(12)15)8(14)4-5-11(17)18-2;1-2-6(11)9-4(7(12)13)3-5(8)10;1-6-3(5)2-4;/h7H,3-6H2,1-2H3,(H2,12,15)(H,13,16);4H,2-3H2,1H3,(H2,8,10)(H,9,11)(H,12,13);2,4H2,1H3;1H/t7-;4-;;/m11../s1. The van der Waals surface area contributed by atoms with Gasteiger partial charge in [0.1, 0.15) is 6.04 Å². The van der Waals surface area contributed by atoms with Crippen LogP contribution in [0.1, 0.15) is 52.4 Å². The van der Waals surface area contributed by atoms with Crippen LogP contribution in [-0.4, -0.2) is 85.3 Å². The van der Waals surface area contributed by atoms with Crippen LogP contribution in [0, 0.1) is 0 Å². The number of nitrogens with two attached hydrogens (primary N) is 2. The van der Waals surface area contributed by atoms with E-state index in [0.717, 1.165) is 0 Å². The monoisotopic (exact) mass is 571 g/mol. The number of aliphatic carboxylic acids is 1. The predicted octanol–water partition coefficient (Wildman–Crippen LogP) is -6.47. The fourth-order valence-corrected chi connectivity index (χ4v) is 2.04. The fourth-order valence-electron chi connectivity index (χ4n) is 2.04. The molecule has 0 aromatic rings. The number of ketones is 1. The maximum atomic E-state index is 11.7. The number of esters is 2. The molecule has 0 aromatic heterocycles. The summed E-state index contributed by atoms with van der Waals surface area (Å²) in [5.74, 6) is -4.70. The first-order chi connectivity index (χ1) is 17.2. The number of carboxylic acid groups (broad SMARTS) is 1. The topological polar surface area (TPSA) is 279 Å². The Morgan fingerprint density at radius 2 is 1.16 bits per heavy atom. The first-order valence-corrected chi connectivity index (χ1v) is 11.0. The van der Waals surface area contributed by atoms with Crippen molar-refractivity contribution in [2.75, 3.05) is 20.8 Å². The molecule has 0 aromatic carbocycles. The summed E-state index contributed by atoms with van der Waals surface area (Å²) in [5, 5.41) is 13.1. The van der Waals surface area contributed by atoms with Crippen LogP contribution >= 0.6 is 0 Å². The maximum Gasteiger partial charge on any atom is 0.361 e. The van der Waals surface area contributed by atoms with Gasteiger partial charge in [-0.1, -0.05) is 13.8 Å². The lowest BCUT2D eigenvalue weighted by molar-refractivity contribution is -0.359. The Bertz CT molecular complexity index is 802. The van der Waals surface area contributed by atoms with Gasteiger partial charge in [0, 0.05) is 19.3 Å². The van der Waals surface area contributed by atoms with Crippen molar-refractivity contribution in [3.05, 3.63) is 0 Å². The number of hydrogen-bond acceptors (Lipinski definition) is 10. The van der Waals surface area contributed by atoms with Gasteiger partial charge < -0.3 is 54.8 Å². The van der Waals surface area contributed by atoms with E-state index >= 15 is 0 Å². The minimum Gasteiger partial charge on any atom is -1.00 e. The highest BCUT2D eigenvalue weighted by atomic mass is 35.5. The van der Waals surface area contributed by atoms with Crippen LogP contribution in [0.15, 0.2) is 0 Å². The van der Waals surface area contributed by atoms with E-state index in [1.807, 2.05) is 0 Å². The summed E-state index contributed by atoms with van der Waals surface area (Å²) in [6, 6.07) is -2.19. The number of nitrogens with one attached hydrogen (secondary N) is 2. The highest BCUT2D eigenvalue weighted by Crippen LogP contribution is 2.02. The van der Waals surface area contributed by atoms with Gasteiger partial charge in [-0.3, -0.25) is 28.8 Å². The Labute approximate surface area is 226 Å². The van der Waals surface area contributed by atoms with Gasteiger partial charge in [-0.05, 0) is 0 Å². The third-order valence-corrected chi connectivity index (χ3v) is 4.05. The van der Waals surface area contributed by atoms with Gasteiger partial charge in [-0.2, -0.15) is 0 Å². The van der Waals surface area contributed by atoms with Crippen LogP contribution < -0.4 is 40.2 Å². The van der Waals surface area contributed by atoms with Gasteiger partial charge in [0.05, 0.1) is 39.5 Å². The van der Waals surface area contributed by atoms with Crippen LogP contribution in [0.5, 0.6) is 0 Å². The minimum absolute atomic E-state index is 0. The zero-order chi connectivity index (χ0) is 29.6. The Morgan fingerprint density at radius 3 is 1.45 bits per heavy atom. The molecule has 0 rings (SSSR count). The number of carbonyl (C=O) groups is 8. The Hall–Kier alpha value is -3.79. The fraction of sp³-hybridized carbons (Fsp3) is 0.619. The number of quaternary nitrogens is 1. The Balaban J connectivity index is -0.000000253. The molecule has 16 nitrogen and oxygen atoms in total. The summed E-state index contributed by atoms with van der Waals surface area (Å²) in [5.41, 5.74) is 13.1. The van der Waals surface area contributed by atoms with E-state index in [0.29, 0.717) is 0 Å². The van der Waals surface area contributed by atoms with Crippen molar-refractivity contribution < 1.29 is 71.1 Å². The molecule has 17 heteroatoms. The molecule has 0 unspecified atom stereocenters. The van der Waals surface area contributed by atoms with E-state index in [1.54, 1.807) is 13.8 Å². The second-order valence-electron chi connectivity index (χ2n) is 6.99. The zero-order valence-corrected chi connectivity index (χ0v) is 22.6. The van der Waals surface area contributed by atoms with Gasteiger partial charge in [0.2, 0.25) is 23.6 Å². The van der Waals surface area contributed by atoms with Crippen molar-refractivity contribution >= 4 is 47.3 Å². The van der Waals surface area contributed by atoms with Crippen molar-refractivity contribution in [1.29, 1.82) is 0 Å². The molecule has 0 spiro atoms. The summed E-state index contributed by atoms with van der Waals surface area (Å²) in [4.78, 5) is 86.1. The zero-order valence-electron chi connectivity index (χ0n) is 21.9. The normalized spacial score (nSPS) is 10.7. The number of rotatable bonds is 14. The molecular weight excluding hydrogens is 534 g/mol. The molecule has 0 heterocycles. The predicted molar refractivity (Wildman–Crippen MR) is 126 cm³/mol. The van der Waals surface area contributed by atoms with E-state index in [4.69, 9.17) is 16.6 Å². The number of primary amides is 2. The lowest BCUT2D eigenvalue weighted by Gasteiger charge is -2.15. The molecule has 0 fully saturated rings. The number of carbonyl (C=O) groups excluding carboxylic acids is 7.